The minimum Gasteiger partial charge on any atom is -0.492 e. The first kappa shape index (κ1) is 21.0. The van der Waals surface area contributed by atoms with E-state index in [1.54, 1.807) is 7.11 Å². The van der Waals surface area contributed by atoms with E-state index in [2.05, 4.69) is 39.7 Å². The molecule has 1 aromatic carbocycles. The van der Waals surface area contributed by atoms with Crippen LogP contribution in [-0.2, 0) is 11.3 Å². The first-order valence-electron chi connectivity index (χ1n) is 8.19. The van der Waals surface area contributed by atoms with Gasteiger partial charge in [-0.1, -0.05) is 12.1 Å². The highest BCUT2D eigenvalue weighted by atomic mass is 127. The van der Waals surface area contributed by atoms with Crippen molar-refractivity contribution in [1.82, 2.24) is 15.5 Å². The molecule has 1 heterocycles. The Morgan fingerprint density at radius 2 is 2.12 bits per heavy atom. The Labute approximate surface area is 162 Å². The molecule has 0 saturated heterocycles. The van der Waals surface area contributed by atoms with Crippen molar-refractivity contribution in [2.45, 2.75) is 13.0 Å². The number of halogens is 1. The maximum absolute atomic E-state index is 5.83. The Balaban J connectivity index is 0.00000288. The number of nitrogens with zero attached hydrogens (tertiary/aromatic N) is 2. The first-order valence-corrected chi connectivity index (χ1v) is 8.19. The summed E-state index contributed by atoms with van der Waals surface area (Å²) < 4.78 is 10.9. The highest BCUT2D eigenvalue weighted by Gasteiger charge is 2.04. The number of ether oxygens (including phenoxy) is 2. The SMILES string of the molecule is COCCN(C)CCOc1cccc(CNC2=NCCCN2)c1.I. The second-order valence-electron chi connectivity index (χ2n) is 5.66. The fourth-order valence-corrected chi connectivity index (χ4v) is 2.26. The van der Waals surface area contributed by atoms with Crippen molar-refractivity contribution in [1.29, 1.82) is 0 Å². The van der Waals surface area contributed by atoms with Gasteiger partial charge in [0.15, 0.2) is 5.96 Å². The third-order valence-corrected chi connectivity index (χ3v) is 3.67. The molecule has 0 aliphatic carbocycles. The second kappa shape index (κ2) is 12.3. The molecule has 1 aliphatic heterocycles. The highest BCUT2D eigenvalue weighted by Crippen LogP contribution is 2.13. The van der Waals surface area contributed by atoms with Crippen LogP contribution < -0.4 is 15.4 Å². The minimum atomic E-state index is 0. The van der Waals surface area contributed by atoms with E-state index in [1.165, 1.54) is 5.56 Å². The quantitative estimate of drug-likeness (QED) is 0.564. The van der Waals surface area contributed by atoms with Gasteiger partial charge in [-0.25, -0.2) is 0 Å². The summed E-state index contributed by atoms with van der Waals surface area (Å²) in [5.41, 5.74) is 1.19. The minimum absolute atomic E-state index is 0. The molecular weight excluding hydrogens is 419 g/mol. The third kappa shape index (κ3) is 8.16. The van der Waals surface area contributed by atoms with Crippen LogP contribution in [0.4, 0.5) is 0 Å². The van der Waals surface area contributed by atoms with E-state index in [-0.39, 0.29) is 24.0 Å². The number of rotatable bonds is 9. The first-order chi connectivity index (χ1) is 11.3. The third-order valence-electron chi connectivity index (χ3n) is 3.67. The van der Waals surface area contributed by atoms with Crippen LogP contribution in [0.15, 0.2) is 29.3 Å². The topological polar surface area (TPSA) is 58.1 Å². The molecule has 0 amide bonds. The van der Waals surface area contributed by atoms with Crippen LogP contribution in [0.2, 0.25) is 0 Å². The zero-order valence-corrected chi connectivity index (χ0v) is 16.9. The van der Waals surface area contributed by atoms with Crippen molar-refractivity contribution < 1.29 is 9.47 Å². The zero-order chi connectivity index (χ0) is 16.3. The van der Waals surface area contributed by atoms with Crippen LogP contribution in [0.5, 0.6) is 5.75 Å². The fraction of sp³-hybridized carbons (Fsp3) is 0.588. The van der Waals surface area contributed by atoms with E-state index in [9.17, 15) is 0 Å². The summed E-state index contributed by atoms with van der Waals surface area (Å²) in [6.07, 6.45) is 1.10. The van der Waals surface area contributed by atoms with Gasteiger partial charge in [-0.2, -0.15) is 0 Å². The van der Waals surface area contributed by atoms with Crippen LogP contribution in [0.3, 0.4) is 0 Å². The lowest BCUT2D eigenvalue weighted by molar-refractivity contribution is 0.150. The Morgan fingerprint density at radius 3 is 2.88 bits per heavy atom. The van der Waals surface area contributed by atoms with Crippen molar-refractivity contribution >= 4 is 29.9 Å². The lowest BCUT2D eigenvalue weighted by atomic mass is 10.2. The molecule has 0 saturated carbocycles. The van der Waals surface area contributed by atoms with Gasteiger partial charge in [-0.3, -0.25) is 4.99 Å². The van der Waals surface area contributed by atoms with Crippen LogP contribution in [0.25, 0.3) is 0 Å². The molecule has 0 spiro atoms. The van der Waals surface area contributed by atoms with Crippen LogP contribution in [-0.4, -0.2) is 64.4 Å². The molecule has 24 heavy (non-hydrogen) atoms. The molecule has 6 nitrogen and oxygen atoms in total. The van der Waals surface area contributed by atoms with Gasteiger partial charge >= 0.3 is 0 Å². The molecule has 1 aromatic rings. The highest BCUT2D eigenvalue weighted by molar-refractivity contribution is 14.0. The van der Waals surface area contributed by atoms with Gasteiger partial charge < -0.3 is 25.0 Å². The van der Waals surface area contributed by atoms with Gasteiger partial charge in [0.25, 0.3) is 0 Å². The molecule has 1 aliphatic rings. The number of hydrogen-bond acceptors (Lipinski definition) is 6. The van der Waals surface area contributed by atoms with E-state index >= 15 is 0 Å². The number of likely N-dealkylation sites (N-methyl/N-ethyl adjacent to an activating group) is 1. The number of nitrogens with one attached hydrogen (secondary N) is 2. The van der Waals surface area contributed by atoms with Crippen LogP contribution in [0, 0.1) is 0 Å². The van der Waals surface area contributed by atoms with Crippen molar-refractivity contribution in [3.8, 4) is 5.75 Å². The van der Waals surface area contributed by atoms with Crippen LogP contribution >= 0.6 is 24.0 Å². The molecule has 2 rings (SSSR count). The molecule has 0 radical (unpaired) electrons. The molecular formula is C17H29IN4O2. The van der Waals surface area contributed by atoms with E-state index in [4.69, 9.17) is 9.47 Å². The maximum Gasteiger partial charge on any atom is 0.191 e. The van der Waals surface area contributed by atoms with E-state index in [0.29, 0.717) is 6.61 Å². The van der Waals surface area contributed by atoms with Gasteiger partial charge in [0.1, 0.15) is 12.4 Å². The molecule has 7 heteroatoms. The standard InChI is InChI=1S/C17H28N4O2.HI/c1-21(9-11-22-2)10-12-23-16-6-3-5-15(13-16)14-20-17-18-7-4-8-19-17;/h3,5-6,13H,4,7-12,14H2,1-2H3,(H2,18,19,20);1H. The van der Waals surface area contributed by atoms with Crippen molar-refractivity contribution in [2.24, 2.45) is 4.99 Å². The summed E-state index contributed by atoms with van der Waals surface area (Å²) in [5.74, 6) is 1.80. The van der Waals surface area contributed by atoms with Gasteiger partial charge in [-0.05, 0) is 31.2 Å². The monoisotopic (exact) mass is 448 g/mol. The van der Waals surface area contributed by atoms with Crippen molar-refractivity contribution in [3.63, 3.8) is 0 Å². The number of hydrogen-bond donors (Lipinski definition) is 2. The summed E-state index contributed by atoms with van der Waals surface area (Å²) in [6.45, 7) is 5.85. The molecule has 0 atom stereocenters. The maximum atomic E-state index is 5.83. The predicted molar refractivity (Wildman–Crippen MR) is 108 cm³/mol. The molecule has 0 fully saturated rings. The molecule has 0 bridgehead atoms. The summed E-state index contributed by atoms with van der Waals surface area (Å²) in [5, 5.41) is 6.58. The van der Waals surface area contributed by atoms with Gasteiger partial charge in [0.2, 0.25) is 0 Å². The zero-order valence-electron chi connectivity index (χ0n) is 14.6. The molecule has 0 unspecified atom stereocenters. The Hall–Kier alpha value is -1.06. The largest absolute Gasteiger partial charge is 0.492 e. The average molecular weight is 448 g/mol. The lowest BCUT2D eigenvalue weighted by Gasteiger charge is -2.17. The molecule has 0 aromatic heterocycles. The number of aliphatic imine (C=N–C) groups is 1. The Kier molecular flexibility index (Phi) is 10.8. The van der Waals surface area contributed by atoms with Crippen molar-refractivity contribution in [2.75, 3.05) is 53.6 Å². The summed E-state index contributed by atoms with van der Waals surface area (Å²) >= 11 is 0. The van der Waals surface area contributed by atoms with E-state index in [1.807, 2.05) is 12.1 Å². The van der Waals surface area contributed by atoms with E-state index in [0.717, 1.165) is 57.5 Å². The molecule has 2 N–H and O–H groups in total. The second-order valence-corrected chi connectivity index (χ2v) is 5.66. The molecule has 136 valence electrons. The number of methoxy groups -OCH3 is 1. The summed E-state index contributed by atoms with van der Waals surface area (Å²) in [7, 11) is 3.79. The normalized spacial score (nSPS) is 13.7. The van der Waals surface area contributed by atoms with Crippen molar-refractivity contribution in [3.05, 3.63) is 29.8 Å². The fourth-order valence-electron chi connectivity index (χ4n) is 2.26. The summed E-state index contributed by atoms with van der Waals surface area (Å²) in [6, 6.07) is 8.19. The van der Waals surface area contributed by atoms with Gasteiger partial charge in [0.05, 0.1) is 6.61 Å². The van der Waals surface area contributed by atoms with Gasteiger partial charge in [0, 0.05) is 39.8 Å². The average Bonchev–Trinajstić information content (AvgIpc) is 2.59. The number of benzene rings is 1. The van der Waals surface area contributed by atoms with Gasteiger partial charge in [-0.15, -0.1) is 24.0 Å². The Bertz CT molecular complexity index is 499. The number of guanidine groups is 1. The lowest BCUT2D eigenvalue weighted by Crippen LogP contribution is -2.40. The van der Waals surface area contributed by atoms with Crippen LogP contribution in [0.1, 0.15) is 12.0 Å². The summed E-state index contributed by atoms with van der Waals surface area (Å²) in [4.78, 5) is 6.60. The van der Waals surface area contributed by atoms with E-state index < -0.39 is 0 Å². The Morgan fingerprint density at radius 1 is 1.29 bits per heavy atom. The predicted octanol–water partition coefficient (Wildman–Crippen LogP) is 1.70. The smallest absolute Gasteiger partial charge is 0.191 e.